The zero-order valence-corrected chi connectivity index (χ0v) is 11.4. The number of fused-ring (bicyclic) bond motifs is 1. The second kappa shape index (κ2) is 5.03. The maximum atomic E-state index is 9.48. The number of aliphatic hydroxyl groups excluding tert-OH is 1. The van der Waals surface area contributed by atoms with E-state index >= 15 is 0 Å². The molecule has 3 heteroatoms. The molecule has 1 aromatic heterocycles. The number of thiophene rings is 1. The average molecular weight is 270 g/mol. The quantitative estimate of drug-likeness (QED) is 0.777. The molecule has 0 spiro atoms. The van der Waals surface area contributed by atoms with Crippen molar-refractivity contribution < 1.29 is 9.84 Å². The molecule has 0 aliphatic carbocycles. The van der Waals surface area contributed by atoms with Crippen LogP contribution in [0.5, 0.6) is 5.75 Å². The van der Waals surface area contributed by atoms with Gasteiger partial charge in [0.1, 0.15) is 5.75 Å². The van der Waals surface area contributed by atoms with Crippen molar-refractivity contribution in [2.24, 2.45) is 0 Å². The molecule has 0 saturated heterocycles. The van der Waals surface area contributed by atoms with E-state index < -0.39 is 0 Å². The van der Waals surface area contributed by atoms with Crippen molar-refractivity contribution in [3.05, 3.63) is 54.1 Å². The summed E-state index contributed by atoms with van der Waals surface area (Å²) >= 11 is 1.73. The van der Waals surface area contributed by atoms with Crippen LogP contribution in [0, 0.1) is 0 Å². The Hall–Kier alpha value is -1.84. The van der Waals surface area contributed by atoms with Crippen molar-refractivity contribution in [3.63, 3.8) is 0 Å². The number of hydrogen-bond acceptors (Lipinski definition) is 3. The van der Waals surface area contributed by atoms with E-state index in [0.717, 1.165) is 21.8 Å². The van der Waals surface area contributed by atoms with Gasteiger partial charge in [0, 0.05) is 15.1 Å². The van der Waals surface area contributed by atoms with Crippen molar-refractivity contribution in [1.82, 2.24) is 0 Å². The predicted molar refractivity (Wildman–Crippen MR) is 79.7 cm³/mol. The first kappa shape index (κ1) is 12.2. The maximum absolute atomic E-state index is 9.48. The highest BCUT2D eigenvalue weighted by Crippen LogP contribution is 2.36. The Balaban J connectivity index is 2.19. The van der Waals surface area contributed by atoms with Crippen LogP contribution in [0.4, 0.5) is 0 Å². The van der Waals surface area contributed by atoms with E-state index in [0.29, 0.717) is 0 Å². The van der Waals surface area contributed by atoms with Crippen LogP contribution < -0.4 is 4.74 Å². The lowest BCUT2D eigenvalue weighted by atomic mass is 10.1. The van der Waals surface area contributed by atoms with Crippen molar-refractivity contribution in [3.8, 4) is 16.2 Å². The number of hydrogen-bond donors (Lipinski definition) is 1. The third kappa shape index (κ3) is 2.23. The Morgan fingerprint density at radius 1 is 1.11 bits per heavy atom. The van der Waals surface area contributed by atoms with Crippen LogP contribution in [0.2, 0.25) is 0 Å². The SMILES string of the molecule is COc1ccc(CO)c(-c2cc3ccccc3s2)c1. The molecule has 0 amide bonds. The van der Waals surface area contributed by atoms with Gasteiger partial charge in [-0.1, -0.05) is 24.3 Å². The Morgan fingerprint density at radius 3 is 2.68 bits per heavy atom. The van der Waals surface area contributed by atoms with Crippen LogP contribution in [0.3, 0.4) is 0 Å². The summed E-state index contributed by atoms with van der Waals surface area (Å²) in [7, 11) is 1.66. The van der Waals surface area contributed by atoms with Crippen molar-refractivity contribution in [1.29, 1.82) is 0 Å². The van der Waals surface area contributed by atoms with Crippen molar-refractivity contribution in [2.45, 2.75) is 6.61 Å². The summed E-state index contributed by atoms with van der Waals surface area (Å²) in [6.07, 6.45) is 0. The molecule has 1 N–H and O–H groups in total. The van der Waals surface area contributed by atoms with Gasteiger partial charge in [0.25, 0.3) is 0 Å². The average Bonchev–Trinajstić information content (AvgIpc) is 2.90. The summed E-state index contributed by atoms with van der Waals surface area (Å²) < 4.78 is 6.53. The zero-order valence-electron chi connectivity index (χ0n) is 10.6. The van der Waals surface area contributed by atoms with Gasteiger partial charge >= 0.3 is 0 Å². The van der Waals surface area contributed by atoms with E-state index in [1.807, 2.05) is 30.3 Å². The van der Waals surface area contributed by atoms with Crippen LogP contribution in [0.15, 0.2) is 48.5 Å². The van der Waals surface area contributed by atoms with E-state index in [9.17, 15) is 5.11 Å². The molecule has 0 aliphatic heterocycles. The van der Waals surface area contributed by atoms with Gasteiger partial charge in [0.2, 0.25) is 0 Å². The topological polar surface area (TPSA) is 29.5 Å². The standard InChI is InChI=1S/C16H14O2S/c1-18-13-7-6-12(10-17)14(9-13)16-8-11-4-2-3-5-15(11)19-16/h2-9,17H,10H2,1H3. The first-order valence-corrected chi connectivity index (χ1v) is 6.90. The number of ether oxygens (including phenoxy) is 1. The van der Waals surface area contributed by atoms with Gasteiger partial charge in [0.15, 0.2) is 0 Å². The zero-order chi connectivity index (χ0) is 13.2. The molecule has 19 heavy (non-hydrogen) atoms. The summed E-state index contributed by atoms with van der Waals surface area (Å²) in [5, 5.41) is 10.7. The minimum atomic E-state index is 0.0353. The van der Waals surface area contributed by atoms with E-state index in [2.05, 4.69) is 18.2 Å². The molecular weight excluding hydrogens is 256 g/mol. The summed E-state index contributed by atoms with van der Waals surface area (Å²) in [5.41, 5.74) is 1.97. The van der Waals surface area contributed by atoms with E-state index in [1.54, 1.807) is 18.4 Å². The van der Waals surface area contributed by atoms with Gasteiger partial charge in [-0.25, -0.2) is 0 Å². The van der Waals surface area contributed by atoms with Gasteiger partial charge < -0.3 is 9.84 Å². The summed E-state index contributed by atoms with van der Waals surface area (Å²) in [6, 6.07) is 16.2. The normalized spacial score (nSPS) is 10.8. The Labute approximate surface area is 115 Å². The molecule has 2 nitrogen and oxygen atoms in total. The van der Waals surface area contributed by atoms with Crippen LogP contribution in [-0.2, 0) is 6.61 Å². The lowest BCUT2D eigenvalue weighted by Crippen LogP contribution is -1.90. The number of benzene rings is 2. The molecule has 0 aliphatic rings. The molecule has 0 bridgehead atoms. The van der Waals surface area contributed by atoms with Gasteiger partial charge in [0.05, 0.1) is 13.7 Å². The highest BCUT2D eigenvalue weighted by Gasteiger charge is 2.09. The van der Waals surface area contributed by atoms with Crippen molar-refractivity contribution in [2.75, 3.05) is 7.11 Å². The van der Waals surface area contributed by atoms with Gasteiger partial charge in [-0.15, -0.1) is 11.3 Å². The summed E-state index contributed by atoms with van der Waals surface area (Å²) in [4.78, 5) is 1.16. The minimum Gasteiger partial charge on any atom is -0.497 e. The molecule has 3 aromatic rings. The fraction of sp³-hybridized carbons (Fsp3) is 0.125. The molecular formula is C16H14O2S. The Kier molecular flexibility index (Phi) is 3.23. The molecule has 0 unspecified atom stereocenters. The van der Waals surface area contributed by atoms with E-state index in [4.69, 9.17) is 4.74 Å². The fourth-order valence-corrected chi connectivity index (χ4v) is 3.28. The second-order valence-electron chi connectivity index (χ2n) is 4.33. The highest BCUT2D eigenvalue weighted by molar-refractivity contribution is 7.22. The number of aliphatic hydroxyl groups is 1. The van der Waals surface area contributed by atoms with Gasteiger partial charge in [-0.2, -0.15) is 0 Å². The van der Waals surface area contributed by atoms with E-state index in [-0.39, 0.29) is 6.61 Å². The smallest absolute Gasteiger partial charge is 0.119 e. The fourth-order valence-electron chi connectivity index (χ4n) is 2.16. The molecule has 0 atom stereocenters. The van der Waals surface area contributed by atoms with Crippen molar-refractivity contribution >= 4 is 21.4 Å². The summed E-state index contributed by atoms with van der Waals surface area (Å²) in [6.45, 7) is 0.0353. The van der Waals surface area contributed by atoms with Crippen LogP contribution in [-0.4, -0.2) is 12.2 Å². The first-order valence-electron chi connectivity index (χ1n) is 6.08. The molecule has 0 fully saturated rings. The van der Waals surface area contributed by atoms with E-state index in [1.165, 1.54) is 10.1 Å². The first-order chi connectivity index (χ1) is 9.31. The summed E-state index contributed by atoms with van der Waals surface area (Å²) in [5.74, 6) is 0.810. The minimum absolute atomic E-state index is 0.0353. The lowest BCUT2D eigenvalue weighted by Gasteiger charge is -2.07. The largest absolute Gasteiger partial charge is 0.497 e. The molecule has 0 saturated carbocycles. The molecule has 0 radical (unpaired) electrons. The molecule has 96 valence electrons. The van der Waals surface area contributed by atoms with Crippen LogP contribution in [0.25, 0.3) is 20.5 Å². The third-order valence-electron chi connectivity index (χ3n) is 3.18. The predicted octanol–water partition coefficient (Wildman–Crippen LogP) is 4.07. The Morgan fingerprint density at radius 2 is 1.95 bits per heavy atom. The monoisotopic (exact) mass is 270 g/mol. The number of methoxy groups -OCH3 is 1. The van der Waals surface area contributed by atoms with Crippen LogP contribution in [0.1, 0.15) is 5.56 Å². The maximum Gasteiger partial charge on any atom is 0.119 e. The molecule has 2 aromatic carbocycles. The lowest BCUT2D eigenvalue weighted by molar-refractivity contribution is 0.282. The second-order valence-corrected chi connectivity index (χ2v) is 5.41. The number of rotatable bonds is 3. The van der Waals surface area contributed by atoms with Crippen LogP contribution >= 0.6 is 11.3 Å². The Bertz CT molecular complexity index is 683. The van der Waals surface area contributed by atoms with Gasteiger partial charge in [-0.3, -0.25) is 0 Å². The third-order valence-corrected chi connectivity index (χ3v) is 4.33. The molecule has 1 heterocycles. The molecule has 3 rings (SSSR count). The van der Waals surface area contributed by atoms with Gasteiger partial charge in [-0.05, 0) is 35.2 Å². The highest BCUT2D eigenvalue weighted by atomic mass is 32.1.